The normalized spacial score (nSPS) is 9.57. The Hall–Kier alpha value is -0.870. The van der Waals surface area contributed by atoms with Crippen LogP contribution in [0, 0.1) is 0 Å². The lowest BCUT2D eigenvalue weighted by Crippen LogP contribution is -2.24. The lowest BCUT2D eigenvalue weighted by molar-refractivity contribution is 0.0956. The van der Waals surface area contributed by atoms with Gasteiger partial charge < -0.3 is 5.32 Å². The summed E-state index contributed by atoms with van der Waals surface area (Å²) in [4.78, 5) is 15.4. The van der Waals surface area contributed by atoms with Crippen LogP contribution in [-0.2, 0) is 0 Å². The summed E-state index contributed by atoms with van der Waals surface area (Å²) in [6.07, 6.45) is 1.60. The summed E-state index contributed by atoms with van der Waals surface area (Å²) in [5.74, 6) is -0.230. The lowest BCUT2D eigenvalue weighted by atomic mass is 10.3. The van der Waals surface area contributed by atoms with Crippen molar-refractivity contribution in [2.24, 2.45) is 0 Å². The molecule has 0 fully saturated rings. The molecule has 0 saturated carbocycles. The van der Waals surface area contributed by atoms with E-state index in [1.54, 1.807) is 18.3 Å². The molecule has 0 spiro atoms. The maximum absolute atomic E-state index is 11.5. The van der Waals surface area contributed by atoms with E-state index in [-0.39, 0.29) is 12.5 Å². The van der Waals surface area contributed by atoms with Crippen molar-refractivity contribution >= 4 is 33.4 Å². The van der Waals surface area contributed by atoms with Gasteiger partial charge in [0.2, 0.25) is 0 Å². The first-order valence-corrected chi connectivity index (χ1v) is 5.00. The van der Waals surface area contributed by atoms with Gasteiger partial charge in [0.15, 0.2) is 0 Å². The Morgan fingerprint density at radius 3 is 3.00 bits per heavy atom. The van der Waals surface area contributed by atoms with E-state index in [2.05, 4.69) is 32.8 Å². The number of rotatable bonds is 3. The molecular formula is C9H8BrClN2O. The van der Waals surface area contributed by atoms with Crippen LogP contribution in [0.3, 0.4) is 0 Å². The first kappa shape index (κ1) is 11.2. The second-order valence-electron chi connectivity index (χ2n) is 2.54. The molecule has 5 heteroatoms. The Kier molecular flexibility index (Phi) is 4.10. The number of carbonyl (C=O) groups is 1. The summed E-state index contributed by atoms with van der Waals surface area (Å²) in [6.45, 7) is 3.72. The van der Waals surface area contributed by atoms with Gasteiger partial charge in [-0.2, -0.15) is 0 Å². The van der Waals surface area contributed by atoms with Crippen molar-refractivity contribution in [3.8, 4) is 0 Å². The van der Waals surface area contributed by atoms with Gasteiger partial charge in [-0.1, -0.05) is 18.2 Å². The molecular weight excluding hydrogens is 267 g/mol. The largest absolute Gasteiger partial charge is 0.347 e. The van der Waals surface area contributed by atoms with E-state index in [1.165, 1.54) is 0 Å². The summed E-state index contributed by atoms with van der Waals surface area (Å²) < 4.78 is 0.512. The molecule has 14 heavy (non-hydrogen) atoms. The molecule has 0 aliphatic rings. The SMILES string of the molecule is C=C(Cl)CNC(=O)c1cccnc1Br. The number of aromatic nitrogens is 1. The molecule has 0 atom stereocenters. The summed E-state index contributed by atoms with van der Waals surface area (Å²) in [6, 6.07) is 3.36. The van der Waals surface area contributed by atoms with Gasteiger partial charge in [0.25, 0.3) is 5.91 Å². The third-order valence-electron chi connectivity index (χ3n) is 1.44. The molecule has 0 radical (unpaired) electrons. The topological polar surface area (TPSA) is 42.0 Å². The molecule has 0 aromatic carbocycles. The van der Waals surface area contributed by atoms with E-state index in [9.17, 15) is 4.79 Å². The van der Waals surface area contributed by atoms with Crippen molar-refractivity contribution in [3.63, 3.8) is 0 Å². The number of hydrogen-bond donors (Lipinski definition) is 1. The number of hydrogen-bond acceptors (Lipinski definition) is 2. The molecule has 1 N–H and O–H groups in total. The summed E-state index contributed by atoms with van der Waals surface area (Å²) in [5.41, 5.74) is 0.477. The molecule has 1 aromatic rings. The van der Waals surface area contributed by atoms with Crippen LogP contribution in [0.5, 0.6) is 0 Å². The summed E-state index contributed by atoms with van der Waals surface area (Å²) in [7, 11) is 0. The van der Waals surface area contributed by atoms with Gasteiger partial charge in [-0.05, 0) is 28.1 Å². The van der Waals surface area contributed by atoms with Crippen LogP contribution in [0.25, 0.3) is 0 Å². The van der Waals surface area contributed by atoms with E-state index in [0.29, 0.717) is 15.2 Å². The van der Waals surface area contributed by atoms with Crippen molar-refractivity contribution in [2.75, 3.05) is 6.54 Å². The molecule has 0 aliphatic carbocycles. The fourth-order valence-electron chi connectivity index (χ4n) is 0.827. The highest BCUT2D eigenvalue weighted by Crippen LogP contribution is 2.12. The number of carbonyl (C=O) groups excluding carboxylic acids is 1. The Balaban J connectivity index is 2.70. The lowest BCUT2D eigenvalue weighted by Gasteiger charge is -2.04. The van der Waals surface area contributed by atoms with Crippen LogP contribution >= 0.6 is 27.5 Å². The zero-order valence-electron chi connectivity index (χ0n) is 7.26. The van der Waals surface area contributed by atoms with E-state index < -0.39 is 0 Å². The molecule has 0 unspecified atom stereocenters. The zero-order valence-corrected chi connectivity index (χ0v) is 9.60. The second-order valence-corrected chi connectivity index (χ2v) is 3.83. The average molecular weight is 276 g/mol. The summed E-state index contributed by atoms with van der Waals surface area (Å²) in [5, 5.41) is 2.99. The van der Waals surface area contributed by atoms with Gasteiger partial charge in [0.05, 0.1) is 12.1 Å². The first-order chi connectivity index (χ1) is 6.61. The van der Waals surface area contributed by atoms with E-state index >= 15 is 0 Å². The summed E-state index contributed by atoms with van der Waals surface area (Å²) >= 11 is 8.69. The van der Waals surface area contributed by atoms with Crippen molar-refractivity contribution in [3.05, 3.63) is 40.1 Å². The molecule has 1 heterocycles. The van der Waals surface area contributed by atoms with Gasteiger partial charge in [-0.15, -0.1) is 0 Å². The van der Waals surface area contributed by atoms with Crippen molar-refractivity contribution in [2.45, 2.75) is 0 Å². The highest BCUT2D eigenvalue weighted by Gasteiger charge is 2.09. The van der Waals surface area contributed by atoms with Crippen molar-refractivity contribution in [1.82, 2.24) is 10.3 Å². The van der Waals surface area contributed by atoms with Crippen LogP contribution < -0.4 is 5.32 Å². The van der Waals surface area contributed by atoms with Crippen LogP contribution in [-0.4, -0.2) is 17.4 Å². The number of nitrogens with zero attached hydrogens (tertiary/aromatic N) is 1. The minimum atomic E-state index is -0.230. The van der Waals surface area contributed by atoms with E-state index in [0.717, 1.165) is 0 Å². The Bertz CT molecular complexity index is 368. The first-order valence-electron chi connectivity index (χ1n) is 3.83. The van der Waals surface area contributed by atoms with Crippen LogP contribution in [0.4, 0.5) is 0 Å². The highest BCUT2D eigenvalue weighted by molar-refractivity contribution is 9.10. The van der Waals surface area contributed by atoms with E-state index in [4.69, 9.17) is 11.6 Å². The maximum Gasteiger partial charge on any atom is 0.254 e. The van der Waals surface area contributed by atoms with Gasteiger partial charge in [-0.3, -0.25) is 4.79 Å². The maximum atomic E-state index is 11.5. The molecule has 1 aromatic heterocycles. The molecule has 1 rings (SSSR count). The van der Waals surface area contributed by atoms with Crippen LogP contribution in [0.15, 0.2) is 34.5 Å². The van der Waals surface area contributed by atoms with Crippen molar-refractivity contribution < 1.29 is 4.79 Å². The van der Waals surface area contributed by atoms with Gasteiger partial charge in [0.1, 0.15) is 4.60 Å². The van der Waals surface area contributed by atoms with Gasteiger partial charge in [-0.25, -0.2) is 4.98 Å². The van der Waals surface area contributed by atoms with Gasteiger partial charge >= 0.3 is 0 Å². The Morgan fingerprint density at radius 2 is 2.43 bits per heavy atom. The number of halogens is 2. The predicted molar refractivity (Wildman–Crippen MR) is 59.3 cm³/mol. The number of pyridine rings is 1. The van der Waals surface area contributed by atoms with Crippen LogP contribution in [0.2, 0.25) is 0 Å². The van der Waals surface area contributed by atoms with Crippen LogP contribution in [0.1, 0.15) is 10.4 Å². The number of nitrogens with one attached hydrogen (secondary N) is 1. The average Bonchev–Trinajstić information content (AvgIpc) is 2.15. The molecule has 0 bridgehead atoms. The standard InChI is InChI=1S/C9H8BrClN2O/c1-6(11)5-13-9(14)7-3-2-4-12-8(7)10/h2-4H,1,5H2,(H,13,14). The zero-order chi connectivity index (χ0) is 10.6. The minimum Gasteiger partial charge on any atom is -0.347 e. The minimum absolute atomic E-state index is 0.230. The molecule has 74 valence electrons. The van der Waals surface area contributed by atoms with E-state index in [1.807, 2.05) is 0 Å². The monoisotopic (exact) mass is 274 g/mol. The molecule has 3 nitrogen and oxygen atoms in total. The highest BCUT2D eigenvalue weighted by atomic mass is 79.9. The van der Waals surface area contributed by atoms with Crippen molar-refractivity contribution in [1.29, 1.82) is 0 Å². The van der Waals surface area contributed by atoms with Gasteiger partial charge in [0, 0.05) is 11.2 Å². The third kappa shape index (κ3) is 3.12. The Labute approximate surface area is 95.3 Å². The number of amides is 1. The fraction of sp³-hybridized carbons (Fsp3) is 0.111. The Morgan fingerprint density at radius 1 is 1.71 bits per heavy atom. The quantitative estimate of drug-likeness (QED) is 0.860. The second kappa shape index (κ2) is 5.12. The molecule has 0 saturated heterocycles. The molecule has 0 aliphatic heterocycles. The third-order valence-corrected chi connectivity index (χ3v) is 2.21. The molecule has 1 amide bonds. The smallest absolute Gasteiger partial charge is 0.254 e. The fourth-order valence-corrected chi connectivity index (χ4v) is 1.32. The predicted octanol–water partition coefficient (Wildman–Crippen LogP) is 2.33.